The maximum absolute atomic E-state index is 5.53. The quantitative estimate of drug-likeness (QED) is 0.404. The van der Waals surface area contributed by atoms with E-state index in [1.54, 1.807) is 11.3 Å². The summed E-state index contributed by atoms with van der Waals surface area (Å²) in [5.74, 6) is 2.83. The molecule has 0 atom stereocenters. The van der Waals surface area contributed by atoms with Crippen molar-refractivity contribution in [3.63, 3.8) is 0 Å². The second-order valence-corrected chi connectivity index (χ2v) is 10.1. The number of piperazine rings is 1. The Kier molecular flexibility index (Phi) is 6.47. The van der Waals surface area contributed by atoms with E-state index in [9.17, 15) is 0 Å². The van der Waals surface area contributed by atoms with Crippen molar-refractivity contribution in [2.45, 2.75) is 20.0 Å². The molecule has 0 saturated carbocycles. The highest BCUT2D eigenvalue weighted by Crippen LogP contribution is 2.38. The highest BCUT2D eigenvalue weighted by molar-refractivity contribution is 7.17. The van der Waals surface area contributed by atoms with Crippen LogP contribution in [0.4, 0.5) is 5.82 Å². The van der Waals surface area contributed by atoms with Crippen LogP contribution >= 0.6 is 11.3 Å². The zero-order chi connectivity index (χ0) is 23.6. The maximum atomic E-state index is 5.53. The fourth-order valence-electron chi connectivity index (χ4n) is 4.89. The molecule has 2 saturated heterocycles. The summed E-state index contributed by atoms with van der Waals surface area (Å²) in [6.45, 7) is 10.7. The average molecular weight is 491 g/mol. The van der Waals surface area contributed by atoms with Crippen molar-refractivity contribution in [2.24, 2.45) is 0 Å². The Morgan fingerprint density at radius 2 is 1.69 bits per heavy atom. The lowest BCUT2D eigenvalue weighted by molar-refractivity contribution is 0.0331. The van der Waals surface area contributed by atoms with Crippen molar-refractivity contribution >= 4 is 27.4 Å². The lowest BCUT2D eigenvalue weighted by atomic mass is 10.1. The Morgan fingerprint density at radius 3 is 2.43 bits per heavy atom. The molecule has 0 bridgehead atoms. The Balaban J connectivity index is 1.30. The van der Waals surface area contributed by atoms with E-state index in [1.165, 1.54) is 16.5 Å². The molecule has 0 radical (unpaired) electrons. The Labute approximate surface area is 209 Å². The molecular formula is C26H30N6O2S. The monoisotopic (exact) mass is 490 g/mol. The van der Waals surface area contributed by atoms with E-state index >= 15 is 0 Å². The minimum atomic E-state index is 0.760. The van der Waals surface area contributed by atoms with Gasteiger partial charge in [0.25, 0.3) is 0 Å². The molecule has 0 N–H and O–H groups in total. The van der Waals surface area contributed by atoms with Crippen LogP contribution in [0.25, 0.3) is 21.3 Å². The predicted octanol–water partition coefficient (Wildman–Crippen LogP) is 3.81. The van der Waals surface area contributed by atoms with E-state index in [0.717, 1.165) is 93.5 Å². The number of thiophene rings is 1. The van der Waals surface area contributed by atoms with E-state index in [1.807, 2.05) is 13.0 Å². The van der Waals surface area contributed by atoms with E-state index in [-0.39, 0.29) is 0 Å². The third-order valence-electron chi connectivity index (χ3n) is 6.75. The van der Waals surface area contributed by atoms with Crippen molar-refractivity contribution in [3.8, 4) is 11.1 Å². The lowest BCUT2D eigenvalue weighted by Gasteiger charge is -2.35. The minimum Gasteiger partial charge on any atom is -0.379 e. The molecule has 0 amide bonds. The topological polar surface area (TPSA) is 70.8 Å². The summed E-state index contributed by atoms with van der Waals surface area (Å²) in [4.78, 5) is 18.5. The summed E-state index contributed by atoms with van der Waals surface area (Å²) in [5, 5.41) is 7.58. The van der Waals surface area contributed by atoms with Gasteiger partial charge in [-0.1, -0.05) is 35.5 Å². The zero-order valence-corrected chi connectivity index (χ0v) is 20.8. The first-order valence-electron chi connectivity index (χ1n) is 12.3. The van der Waals surface area contributed by atoms with Crippen LogP contribution in [0.3, 0.4) is 0 Å². The van der Waals surface area contributed by atoms with Gasteiger partial charge < -0.3 is 14.2 Å². The average Bonchev–Trinajstić information content (AvgIpc) is 3.51. The van der Waals surface area contributed by atoms with Crippen LogP contribution in [0, 0.1) is 6.92 Å². The van der Waals surface area contributed by atoms with Gasteiger partial charge in [0.2, 0.25) is 0 Å². The fourth-order valence-corrected chi connectivity index (χ4v) is 5.86. The summed E-state index contributed by atoms with van der Waals surface area (Å²) in [5.41, 5.74) is 3.43. The van der Waals surface area contributed by atoms with E-state index in [2.05, 4.69) is 55.6 Å². The van der Waals surface area contributed by atoms with Gasteiger partial charge in [0, 0.05) is 62.8 Å². The molecular weight excluding hydrogens is 460 g/mol. The van der Waals surface area contributed by atoms with Gasteiger partial charge in [-0.25, -0.2) is 9.97 Å². The van der Waals surface area contributed by atoms with Crippen molar-refractivity contribution in [1.82, 2.24) is 24.9 Å². The molecule has 0 unspecified atom stereocenters. The molecule has 2 aliphatic rings. The highest BCUT2D eigenvalue weighted by atomic mass is 32.1. The number of anilines is 1. The van der Waals surface area contributed by atoms with Gasteiger partial charge in [-0.2, -0.15) is 0 Å². The molecule has 182 valence electrons. The number of benzene rings is 1. The Bertz CT molecular complexity index is 1280. The third kappa shape index (κ3) is 4.95. The molecule has 3 aromatic heterocycles. The van der Waals surface area contributed by atoms with Gasteiger partial charge in [0.15, 0.2) is 0 Å². The van der Waals surface area contributed by atoms with Crippen molar-refractivity contribution in [2.75, 3.05) is 57.4 Å². The number of fused-ring (bicyclic) bond motifs is 1. The summed E-state index contributed by atoms with van der Waals surface area (Å²) in [7, 11) is 0. The van der Waals surface area contributed by atoms with Gasteiger partial charge in [-0.3, -0.25) is 9.80 Å². The molecule has 8 nitrogen and oxygen atoms in total. The number of rotatable bonds is 6. The number of aromatic nitrogens is 3. The number of hydrogen-bond acceptors (Lipinski definition) is 9. The number of nitrogens with zero attached hydrogens (tertiary/aromatic N) is 6. The minimum absolute atomic E-state index is 0.760. The molecule has 1 aromatic carbocycles. The largest absolute Gasteiger partial charge is 0.379 e. The molecule has 4 aromatic rings. The molecule has 0 aliphatic carbocycles. The van der Waals surface area contributed by atoms with Crippen LogP contribution in [-0.4, -0.2) is 77.4 Å². The molecule has 0 spiro atoms. The molecule has 5 heterocycles. The van der Waals surface area contributed by atoms with Crippen LogP contribution in [0.5, 0.6) is 0 Å². The highest BCUT2D eigenvalue weighted by Gasteiger charge is 2.25. The maximum Gasteiger partial charge on any atom is 0.146 e. The molecule has 6 rings (SSSR count). The summed E-state index contributed by atoms with van der Waals surface area (Å²) in [6.07, 6.45) is 0. The standard InChI is InChI=1S/C26H30N6O2S/c1-19-15-21(29-34-19)16-30-7-9-32(10-8-30)25-24-22(20-5-3-2-4-6-20)18-35-26(24)28-23(27-25)17-31-11-13-33-14-12-31/h2-6,15,18H,7-14,16-17H2,1H3. The second-order valence-electron chi connectivity index (χ2n) is 9.24. The molecule has 2 fully saturated rings. The van der Waals surface area contributed by atoms with Gasteiger partial charge in [0.05, 0.1) is 30.8 Å². The second kappa shape index (κ2) is 10.0. The lowest BCUT2D eigenvalue weighted by Crippen LogP contribution is -2.46. The fraction of sp³-hybridized carbons (Fsp3) is 0.423. The van der Waals surface area contributed by atoms with Crippen LogP contribution in [0.2, 0.25) is 0 Å². The SMILES string of the molecule is Cc1cc(CN2CCN(c3nc(CN4CCOCC4)nc4scc(-c5ccccc5)c34)CC2)no1. The smallest absolute Gasteiger partial charge is 0.146 e. The van der Waals surface area contributed by atoms with Gasteiger partial charge in [0.1, 0.15) is 22.2 Å². The normalized spacial score (nSPS) is 17.9. The van der Waals surface area contributed by atoms with Crippen LogP contribution in [0.1, 0.15) is 17.3 Å². The van der Waals surface area contributed by atoms with E-state index < -0.39 is 0 Å². The predicted molar refractivity (Wildman–Crippen MR) is 138 cm³/mol. The van der Waals surface area contributed by atoms with Crippen molar-refractivity contribution < 1.29 is 9.26 Å². The Hall–Kier alpha value is -2.85. The number of morpholine rings is 1. The Morgan fingerprint density at radius 1 is 0.914 bits per heavy atom. The first-order chi connectivity index (χ1) is 17.2. The number of aryl methyl sites for hydroxylation is 1. The van der Waals surface area contributed by atoms with Gasteiger partial charge in [-0.15, -0.1) is 11.3 Å². The summed E-state index contributed by atoms with van der Waals surface area (Å²) < 4.78 is 10.8. The number of ether oxygens (including phenoxy) is 1. The number of hydrogen-bond donors (Lipinski definition) is 0. The van der Waals surface area contributed by atoms with Crippen LogP contribution in [0.15, 0.2) is 46.3 Å². The third-order valence-corrected chi connectivity index (χ3v) is 7.62. The summed E-state index contributed by atoms with van der Waals surface area (Å²) in [6, 6.07) is 12.6. The van der Waals surface area contributed by atoms with Crippen molar-refractivity contribution in [1.29, 1.82) is 0 Å². The first kappa shape index (κ1) is 22.6. The van der Waals surface area contributed by atoms with Crippen molar-refractivity contribution in [3.05, 3.63) is 59.1 Å². The summed E-state index contributed by atoms with van der Waals surface area (Å²) >= 11 is 1.72. The zero-order valence-electron chi connectivity index (χ0n) is 20.0. The molecule has 9 heteroatoms. The van der Waals surface area contributed by atoms with Gasteiger partial charge in [-0.05, 0) is 12.5 Å². The van der Waals surface area contributed by atoms with Crippen LogP contribution < -0.4 is 4.90 Å². The van der Waals surface area contributed by atoms with Gasteiger partial charge >= 0.3 is 0 Å². The van der Waals surface area contributed by atoms with Crippen LogP contribution in [-0.2, 0) is 17.8 Å². The molecule has 2 aliphatic heterocycles. The first-order valence-corrected chi connectivity index (χ1v) is 13.1. The molecule has 35 heavy (non-hydrogen) atoms. The van der Waals surface area contributed by atoms with E-state index in [4.69, 9.17) is 19.2 Å². The van der Waals surface area contributed by atoms with E-state index in [0.29, 0.717) is 0 Å².